The summed E-state index contributed by atoms with van der Waals surface area (Å²) >= 11 is 0. The number of carboxylic acid groups (broad SMARTS) is 1. The SMILES string of the molecule is CC.CC.CC(C)(C)O.CCCNC(=O)c1cc2nc(C)c(CC(=O)O)c(-c3cc(F)c4c(c3C)CCCO4)n2n1. The number of carbonyl (C=O) groups excluding carboxylic acids is 1. The molecule has 0 saturated carbocycles. The van der Waals surface area contributed by atoms with Crippen LogP contribution in [0.2, 0.25) is 0 Å². The molecular weight excluding hydrogens is 527 g/mol. The number of benzene rings is 1. The molecule has 0 bridgehead atoms. The smallest absolute Gasteiger partial charge is 0.307 e. The average Bonchev–Trinajstić information content (AvgIpc) is 3.35. The summed E-state index contributed by atoms with van der Waals surface area (Å²) in [4.78, 5) is 28.6. The quantitative estimate of drug-likeness (QED) is 0.326. The zero-order valence-corrected chi connectivity index (χ0v) is 26.2. The normalized spacial score (nSPS) is 11.9. The Morgan fingerprint density at radius 3 is 2.32 bits per heavy atom. The van der Waals surface area contributed by atoms with E-state index in [1.807, 2.05) is 41.5 Å². The van der Waals surface area contributed by atoms with Gasteiger partial charge in [-0.05, 0) is 65.5 Å². The number of ether oxygens (including phenoxy) is 1. The Bertz CT molecular complexity index is 1320. The molecule has 10 heteroatoms. The highest BCUT2D eigenvalue weighted by Crippen LogP contribution is 2.39. The minimum atomic E-state index is -1.04. The zero-order valence-electron chi connectivity index (χ0n) is 26.2. The Balaban J connectivity index is 0.000000831. The molecule has 3 heterocycles. The lowest BCUT2D eigenvalue weighted by molar-refractivity contribution is -0.136. The molecule has 3 aromatic rings. The summed E-state index contributed by atoms with van der Waals surface area (Å²) in [5.41, 5.74) is 3.48. The van der Waals surface area contributed by atoms with Gasteiger partial charge < -0.3 is 20.3 Å². The summed E-state index contributed by atoms with van der Waals surface area (Å²) in [7, 11) is 0. The fraction of sp³-hybridized carbons (Fsp3) is 0.548. The van der Waals surface area contributed by atoms with Gasteiger partial charge in [0.25, 0.3) is 5.91 Å². The van der Waals surface area contributed by atoms with E-state index in [0.29, 0.717) is 47.7 Å². The maximum atomic E-state index is 15.0. The third-order valence-corrected chi connectivity index (χ3v) is 5.69. The first-order valence-electron chi connectivity index (χ1n) is 14.4. The fourth-order valence-corrected chi connectivity index (χ4v) is 4.14. The molecule has 0 atom stereocenters. The summed E-state index contributed by atoms with van der Waals surface area (Å²) in [6, 6.07) is 2.91. The van der Waals surface area contributed by atoms with E-state index >= 15 is 4.39 Å². The summed E-state index contributed by atoms with van der Waals surface area (Å²) in [6.07, 6.45) is 1.90. The molecule has 0 unspecified atom stereocenters. The van der Waals surface area contributed by atoms with E-state index in [1.165, 1.54) is 10.6 Å². The second kappa shape index (κ2) is 16.0. The van der Waals surface area contributed by atoms with Crippen LogP contribution in [0, 0.1) is 19.7 Å². The van der Waals surface area contributed by atoms with E-state index in [4.69, 9.17) is 9.84 Å². The molecule has 2 aromatic heterocycles. The molecule has 3 N–H and O–H groups in total. The van der Waals surface area contributed by atoms with Crippen LogP contribution in [-0.2, 0) is 17.6 Å². The van der Waals surface area contributed by atoms with Gasteiger partial charge in [0.05, 0.1) is 24.3 Å². The number of nitrogens with one attached hydrogen (secondary N) is 1. The van der Waals surface area contributed by atoms with Crippen LogP contribution >= 0.6 is 0 Å². The number of hydrogen-bond acceptors (Lipinski definition) is 6. The van der Waals surface area contributed by atoms with E-state index in [1.54, 1.807) is 33.8 Å². The third kappa shape index (κ3) is 9.52. The summed E-state index contributed by atoms with van der Waals surface area (Å²) < 4.78 is 22.0. The zero-order chi connectivity index (χ0) is 31.5. The lowest BCUT2D eigenvalue weighted by Gasteiger charge is -2.23. The number of rotatable bonds is 6. The van der Waals surface area contributed by atoms with E-state index in [9.17, 15) is 14.7 Å². The van der Waals surface area contributed by atoms with Crippen LogP contribution in [0.5, 0.6) is 5.75 Å². The minimum Gasteiger partial charge on any atom is -0.490 e. The number of hydrogen-bond donors (Lipinski definition) is 3. The highest BCUT2D eigenvalue weighted by molar-refractivity contribution is 5.93. The molecule has 1 aliphatic rings. The number of aryl methyl sites for hydroxylation is 1. The van der Waals surface area contributed by atoms with Crippen molar-refractivity contribution < 1.29 is 28.9 Å². The Morgan fingerprint density at radius 1 is 1.15 bits per heavy atom. The molecular formula is C31H47FN4O5. The van der Waals surface area contributed by atoms with Gasteiger partial charge in [-0.15, -0.1) is 0 Å². The summed E-state index contributed by atoms with van der Waals surface area (Å²) in [5, 5.41) is 25.3. The van der Waals surface area contributed by atoms with Crippen LogP contribution in [0.3, 0.4) is 0 Å². The highest BCUT2D eigenvalue weighted by atomic mass is 19.1. The Kier molecular flexibility index (Phi) is 13.9. The molecule has 1 aromatic carbocycles. The molecule has 0 fully saturated rings. The van der Waals surface area contributed by atoms with Crippen LogP contribution in [0.1, 0.15) is 101 Å². The van der Waals surface area contributed by atoms with Crippen LogP contribution in [0.25, 0.3) is 16.9 Å². The van der Waals surface area contributed by atoms with E-state index in [2.05, 4.69) is 15.4 Å². The monoisotopic (exact) mass is 574 g/mol. The van der Waals surface area contributed by atoms with E-state index in [0.717, 1.165) is 24.0 Å². The van der Waals surface area contributed by atoms with Crippen molar-refractivity contribution in [1.82, 2.24) is 19.9 Å². The minimum absolute atomic E-state index is 0.165. The third-order valence-electron chi connectivity index (χ3n) is 5.69. The second-order valence-corrected chi connectivity index (χ2v) is 10.1. The van der Waals surface area contributed by atoms with Crippen molar-refractivity contribution in [1.29, 1.82) is 0 Å². The van der Waals surface area contributed by atoms with Gasteiger partial charge >= 0.3 is 5.97 Å². The van der Waals surface area contributed by atoms with Gasteiger partial charge in [0.15, 0.2) is 22.9 Å². The van der Waals surface area contributed by atoms with Gasteiger partial charge in [0, 0.05) is 35.0 Å². The van der Waals surface area contributed by atoms with Crippen molar-refractivity contribution in [2.75, 3.05) is 13.2 Å². The first-order chi connectivity index (χ1) is 19.3. The number of carboxylic acids is 1. The average molecular weight is 575 g/mol. The molecule has 1 amide bonds. The number of amides is 1. The first-order valence-corrected chi connectivity index (χ1v) is 14.4. The summed E-state index contributed by atoms with van der Waals surface area (Å²) in [6.45, 7) is 19.7. The maximum Gasteiger partial charge on any atom is 0.307 e. The first kappa shape index (κ1) is 35.5. The number of aliphatic hydroxyl groups is 1. The van der Waals surface area contributed by atoms with E-state index in [-0.39, 0.29) is 23.8 Å². The molecule has 0 aliphatic carbocycles. The maximum absolute atomic E-state index is 15.0. The van der Waals surface area contributed by atoms with Gasteiger partial charge in [-0.2, -0.15) is 5.10 Å². The molecule has 0 radical (unpaired) electrons. The number of carbonyl (C=O) groups is 2. The highest BCUT2D eigenvalue weighted by Gasteiger charge is 2.26. The van der Waals surface area contributed by atoms with Gasteiger partial charge in [-0.25, -0.2) is 13.9 Å². The van der Waals surface area contributed by atoms with Crippen LogP contribution in [0.4, 0.5) is 4.39 Å². The Labute approximate surface area is 243 Å². The van der Waals surface area contributed by atoms with Gasteiger partial charge in [-0.3, -0.25) is 9.59 Å². The number of fused-ring (bicyclic) bond motifs is 2. The van der Waals surface area contributed by atoms with Crippen molar-refractivity contribution in [2.24, 2.45) is 0 Å². The molecule has 0 spiro atoms. The van der Waals surface area contributed by atoms with Gasteiger partial charge in [-0.1, -0.05) is 34.6 Å². The van der Waals surface area contributed by atoms with Crippen molar-refractivity contribution in [3.8, 4) is 17.0 Å². The molecule has 9 nitrogen and oxygen atoms in total. The van der Waals surface area contributed by atoms with Crippen molar-refractivity contribution in [3.05, 3.63) is 46.0 Å². The van der Waals surface area contributed by atoms with Crippen LogP contribution in [-0.4, -0.2) is 55.4 Å². The van der Waals surface area contributed by atoms with Crippen molar-refractivity contribution in [2.45, 2.75) is 101 Å². The Morgan fingerprint density at radius 2 is 1.76 bits per heavy atom. The van der Waals surface area contributed by atoms with Crippen molar-refractivity contribution in [3.63, 3.8) is 0 Å². The van der Waals surface area contributed by atoms with Gasteiger partial charge in [0.2, 0.25) is 0 Å². The van der Waals surface area contributed by atoms with Gasteiger partial charge in [0.1, 0.15) is 0 Å². The number of nitrogens with zero attached hydrogens (tertiary/aromatic N) is 3. The topological polar surface area (TPSA) is 126 Å². The predicted molar refractivity (Wildman–Crippen MR) is 160 cm³/mol. The fourth-order valence-electron chi connectivity index (χ4n) is 4.14. The lowest BCUT2D eigenvalue weighted by atomic mass is 9.91. The lowest BCUT2D eigenvalue weighted by Crippen LogP contribution is -2.24. The largest absolute Gasteiger partial charge is 0.490 e. The van der Waals surface area contributed by atoms with Crippen LogP contribution in [0.15, 0.2) is 12.1 Å². The van der Waals surface area contributed by atoms with Crippen molar-refractivity contribution >= 4 is 17.5 Å². The van der Waals surface area contributed by atoms with E-state index < -0.39 is 17.4 Å². The molecule has 4 rings (SSSR count). The predicted octanol–water partition coefficient (Wildman–Crippen LogP) is 6.07. The summed E-state index contributed by atoms with van der Waals surface area (Å²) in [5.74, 6) is -1.64. The molecule has 228 valence electrons. The van der Waals surface area contributed by atoms with Crippen LogP contribution < -0.4 is 10.1 Å². The standard InChI is InChI=1S/C23H25FN4O4.C4H10O.2C2H6/c1-4-7-25-23(31)18-11-19-26-13(3)16(10-20(29)30)21(28(19)27-18)15-9-17(24)22-14(12(15)2)6-5-8-32-22;1-4(2,3)5;2*1-2/h9,11H,4-8,10H2,1-3H3,(H,25,31)(H,29,30);5H,1-3H3;2*1-2H3. The molecule has 41 heavy (non-hydrogen) atoms. The molecule has 0 saturated heterocycles. The number of aromatic nitrogens is 3. The number of aliphatic carboxylic acids is 1. The number of halogens is 1. The Hall–Kier alpha value is -3.53. The second-order valence-electron chi connectivity index (χ2n) is 10.1. The molecule has 1 aliphatic heterocycles.